The van der Waals surface area contributed by atoms with Crippen LogP contribution in [0.1, 0.15) is 0 Å². The number of hydrogen-bond donors (Lipinski definition) is 0. The van der Waals surface area contributed by atoms with Gasteiger partial charge < -0.3 is 0 Å². The smallest absolute Gasteiger partial charge is 0.135 e. The summed E-state index contributed by atoms with van der Waals surface area (Å²) in [6, 6.07) is 3.27. The zero-order valence-corrected chi connectivity index (χ0v) is 8.39. The molecule has 0 aliphatic heterocycles. The van der Waals surface area contributed by atoms with Gasteiger partial charge in [-0.1, -0.05) is 11.6 Å². The van der Waals surface area contributed by atoms with Crippen LogP contribution in [-0.4, -0.2) is 22.5 Å². The van der Waals surface area contributed by atoms with Crippen molar-refractivity contribution >= 4 is 21.3 Å². The molecule has 1 heterocycles. The minimum absolute atomic E-state index is 0.467. The molecule has 0 spiro atoms. The molecule has 0 N–H and O–H groups in total. The van der Waals surface area contributed by atoms with Crippen molar-refractivity contribution in [1.82, 2.24) is 4.98 Å². The van der Waals surface area contributed by atoms with E-state index in [9.17, 15) is 4.21 Å². The van der Waals surface area contributed by atoms with Gasteiger partial charge in [-0.2, -0.15) is 0 Å². The second-order valence-electron chi connectivity index (χ2n) is 2.30. The zero-order chi connectivity index (χ0) is 9.19. The molecule has 1 atom stereocenters. The molecular formula is C7H9ClN2OS. The lowest BCUT2D eigenvalue weighted by Crippen LogP contribution is -1.99. The van der Waals surface area contributed by atoms with E-state index in [4.69, 9.17) is 11.6 Å². The molecule has 0 saturated heterocycles. The standard InChI is InChI=1S/C7H9ClN2OS/c1-9-12(2,11)7-4-3-6(8)5-10-7/h3-5H,1-2H3. The van der Waals surface area contributed by atoms with Crippen molar-refractivity contribution in [2.24, 2.45) is 4.36 Å². The zero-order valence-electron chi connectivity index (χ0n) is 6.82. The summed E-state index contributed by atoms with van der Waals surface area (Å²) in [5.74, 6) is 0. The van der Waals surface area contributed by atoms with Crippen LogP contribution in [0.3, 0.4) is 0 Å². The van der Waals surface area contributed by atoms with Gasteiger partial charge in [0.2, 0.25) is 0 Å². The largest absolute Gasteiger partial charge is 0.245 e. The molecular weight excluding hydrogens is 196 g/mol. The summed E-state index contributed by atoms with van der Waals surface area (Å²) in [7, 11) is -0.797. The molecule has 0 bridgehead atoms. The molecule has 12 heavy (non-hydrogen) atoms. The quantitative estimate of drug-likeness (QED) is 0.701. The molecule has 1 aromatic heterocycles. The lowest BCUT2D eigenvalue weighted by molar-refractivity contribution is 0.677. The van der Waals surface area contributed by atoms with Gasteiger partial charge >= 0.3 is 0 Å². The Morgan fingerprint density at radius 1 is 1.58 bits per heavy atom. The molecule has 1 aromatic rings. The van der Waals surface area contributed by atoms with E-state index in [1.165, 1.54) is 13.2 Å². The van der Waals surface area contributed by atoms with Gasteiger partial charge in [0.15, 0.2) is 0 Å². The second-order valence-corrected chi connectivity index (χ2v) is 5.12. The maximum absolute atomic E-state index is 11.6. The Kier molecular flexibility index (Phi) is 2.69. The summed E-state index contributed by atoms with van der Waals surface area (Å²) < 4.78 is 15.3. The van der Waals surface area contributed by atoms with E-state index in [-0.39, 0.29) is 0 Å². The minimum atomic E-state index is -2.31. The predicted molar refractivity (Wildman–Crippen MR) is 49.9 cm³/mol. The van der Waals surface area contributed by atoms with E-state index in [0.717, 1.165) is 0 Å². The van der Waals surface area contributed by atoms with Gasteiger partial charge in [0, 0.05) is 19.5 Å². The van der Waals surface area contributed by atoms with E-state index in [2.05, 4.69) is 9.35 Å². The van der Waals surface area contributed by atoms with E-state index in [1.807, 2.05) is 0 Å². The maximum atomic E-state index is 11.6. The number of hydrogen-bond acceptors (Lipinski definition) is 3. The third-order valence-corrected chi connectivity index (χ3v) is 3.37. The normalized spacial score (nSPS) is 15.2. The molecule has 1 rings (SSSR count). The van der Waals surface area contributed by atoms with Crippen molar-refractivity contribution in [3.05, 3.63) is 23.4 Å². The minimum Gasteiger partial charge on any atom is -0.245 e. The Labute approximate surface area is 77.0 Å². The van der Waals surface area contributed by atoms with Crippen LogP contribution in [0.2, 0.25) is 5.02 Å². The summed E-state index contributed by atoms with van der Waals surface area (Å²) in [4.78, 5) is 3.92. The van der Waals surface area contributed by atoms with Gasteiger partial charge in [-0.05, 0) is 12.1 Å². The average Bonchev–Trinajstić information content (AvgIpc) is 2.05. The highest BCUT2D eigenvalue weighted by Gasteiger charge is 2.04. The van der Waals surface area contributed by atoms with Gasteiger partial charge in [0.25, 0.3) is 0 Å². The lowest BCUT2D eigenvalue weighted by atomic mass is 10.5. The highest BCUT2D eigenvalue weighted by molar-refractivity contribution is 7.92. The predicted octanol–water partition coefficient (Wildman–Crippen LogP) is 1.82. The molecule has 3 nitrogen and oxygen atoms in total. The third kappa shape index (κ3) is 1.95. The van der Waals surface area contributed by atoms with Crippen LogP contribution in [-0.2, 0) is 9.73 Å². The van der Waals surface area contributed by atoms with E-state index < -0.39 is 9.73 Å². The molecule has 5 heteroatoms. The van der Waals surface area contributed by atoms with Crippen LogP contribution < -0.4 is 0 Å². The summed E-state index contributed by atoms with van der Waals surface area (Å²) in [6.45, 7) is 0. The first-order valence-corrected chi connectivity index (χ1v) is 5.58. The molecule has 0 fully saturated rings. The van der Waals surface area contributed by atoms with Crippen LogP contribution in [0.15, 0.2) is 27.7 Å². The monoisotopic (exact) mass is 204 g/mol. The number of rotatable bonds is 1. The van der Waals surface area contributed by atoms with Gasteiger partial charge in [-0.25, -0.2) is 13.6 Å². The number of nitrogens with zero attached hydrogens (tertiary/aromatic N) is 2. The first-order chi connectivity index (χ1) is 5.56. The van der Waals surface area contributed by atoms with Crippen molar-refractivity contribution in [3.8, 4) is 0 Å². The molecule has 0 aromatic carbocycles. The SMILES string of the molecule is CN=S(C)(=O)c1ccc(Cl)cn1. The van der Waals surface area contributed by atoms with Gasteiger partial charge in [0.1, 0.15) is 5.03 Å². The highest BCUT2D eigenvalue weighted by atomic mass is 35.5. The number of aromatic nitrogens is 1. The summed E-state index contributed by atoms with van der Waals surface area (Å²) in [5, 5.41) is 0.999. The van der Waals surface area contributed by atoms with Crippen molar-refractivity contribution in [3.63, 3.8) is 0 Å². The summed E-state index contributed by atoms with van der Waals surface area (Å²) in [6.07, 6.45) is 3.01. The first kappa shape index (κ1) is 9.48. The number of pyridine rings is 1. The Morgan fingerprint density at radius 2 is 2.25 bits per heavy atom. The van der Waals surface area contributed by atoms with Crippen LogP contribution in [0.4, 0.5) is 0 Å². The van der Waals surface area contributed by atoms with E-state index >= 15 is 0 Å². The van der Waals surface area contributed by atoms with Gasteiger partial charge in [-0.3, -0.25) is 0 Å². The molecule has 0 radical (unpaired) electrons. The van der Waals surface area contributed by atoms with Crippen molar-refractivity contribution in [2.45, 2.75) is 5.03 Å². The Bertz CT molecular complexity index is 379. The van der Waals surface area contributed by atoms with Gasteiger partial charge in [0.05, 0.1) is 14.8 Å². The molecule has 0 aliphatic rings. The molecule has 0 aliphatic carbocycles. The second kappa shape index (κ2) is 3.41. The fraction of sp³-hybridized carbons (Fsp3) is 0.286. The molecule has 0 saturated carbocycles. The van der Waals surface area contributed by atoms with Crippen molar-refractivity contribution in [2.75, 3.05) is 13.3 Å². The summed E-state index contributed by atoms with van der Waals surface area (Å²) in [5.41, 5.74) is 0. The Balaban J connectivity index is 3.24. The fourth-order valence-electron chi connectivity index (χ4n) is 0.680. The van der Waals surface area contributed by atoms with Crippen molar-refractivity contribution < 1.29 is 4.21 Å². The Hall–Kier alpha value is -0.610. The van der Waals surface area contributed by atoms with Crippen LogP contribution >= 0.6 is 11.6 Å². The fourth-order valence-corrected chi connectivity index (χ4v) is 1.55. The van der Waals surface area contributed by atoms with Gasteiger partial charge in [-0.15, -0.1) is 0 Å². The lowest BCUT2D eigenvalue weighted by Gasteiger charge is -2.00. The van der Waals surface area contributed by atoms with E-state index in [1.54, 1.807) is 18.4 Å². The summed E-state index contributed by atoms with van der Waals surface area (Å²) >= 11 is 5.62. The molecule has 66 valence electrons. The molecule has 0 amide bonds. The van der Waals surface area contributed by atoms with Crippen molar-refractivity contribution in [1.29, 1.82) is 0 Å². The molecule has 1 unspecified atom stereocenters. The third-order valence-electron chi connectivity index (χ3n) is 1.44. The van der Waals surface area contributed by atoms with Crippen LogP contribution in [0.25, 0.3) is 0 Å². The van der Waals surface area contributed by atoms with E-state index in [0.29, 0.717) is 10.0 Å². The number of halogens is 1. The Morgan fingerprint density at radius 3 is 2.67 bits per heavy atom. The average molecular weight is 205 g/mol. The first-order valence-electron chi connectivity index (χ1n) is 3.28. The topological polar surface area (TPSA) is 42.3 Å². The van der Waals surface area contributed by atoms with Crippen LogP contribution in [0.5, 0.6) is 0 Å². The maximum Gasteiger partial charge on any atom is 0.135 e. The van der Waals surface area contributed by atoms with Crippen LogP contribution in [0, 0.1) is 0 Å². The highest BCUT2D eigenvalue weighted by Crippen LogP contribution is 2.11.